The van der Waals surface area contributed by atoms with Gasteiger partial charge in [0.2, 0.25) is 5.95 Å². The van der Waals surface area contributed by atoms with E-state index < -0.39 is 0 Å². The van der Waals surface area contributed by atoms with Crippen LogP contribution in [0.3, 0.4) is 0 Å². The number of fused-ring (bicyclic) bond motifs is 2. The molecule has 5 rings (SSSR count). The molecule has 0 saturated carbocycles. The number of nitrogens with zero attached hydrogens (tertiary/aromatic N) is 5. The van der Waals surface area contributed by atoms with Gasteiger partial charge in [-0.25, -0.2) is 9.97 Å². The van der Waals surface area contributed by atoms with E-state index in [-0.39, 0.29) is 24.4 Å². The van der Waals surface area contributed by atoms with Crippen molar-refractivity contribution in [2.45, 2.75) is 32.4 Å². The molecule has 9 heteroatoms. The van der Waals surface area contributed by atoms with Crippen LogP contribution in [-0.4, -0.2) is 55.7 Å². The van der Waals surface area contributed by atoms with Crippen molar-refractivity contribution in [3.05, 3.63) is 53.3 Å². The monoisotopic (exact) mass is 439 g/mol. The van der Waals surface area contributed by atoms with Crippen LogP contribution in [-0.2, 0) is 7.05 Å². The number of anilines is 2. The zero-order valence-corrected chi connectivity index (χ0v) is 18.6. The Balaban J connectivity index is 0.00000231. The predicted molar refractivity (Wildman–Crippen MR) is 122 cm³/mol. The molecule has 0 unspecified atom stereocenters. The minimum Gasteiger partial charge on any atom is -0.331 e. The van der Waals surface area contributed by atoms with Crippen LogP contribution >= 0.6 is 12.4 Å². The molecule has 3 aromatic rings. The average molecular weight is 440 g/mol. The first kappa shape index (κ1) is 21.3. The van der Waals surface area contributed by atoms with E-state index in [1.807, 2.05) is 17.0 Å². The minimum atomic E-state index is 0. The van der Waals surface area contributed by atoms with Crippen molar-refractivity contribution in [2.75, 3.05) is 18.4 Å². The molecule has 1 amide bonds. The first-order valence-electron chi connectivity index (χ1n) is 10.2. The van der Waals surface area contributed by atoms with Gasteiger partial charge >= 0.3 is 0 Å². The Kier molecular flexibility index (Phi) is 5.68. The summed E-state index contributed by atoms with van der Waals surface area (Å²) in [5, 5.41) is 11.2. The first-order valence-corrected chi connectivity index (χ1v) is 10.2. The number of benzene rings is 1. The number of carbonyl (C=O) groups excluding carboxylic acids is 1. The largest absolute Gasteiger partial charge is 0.331 e. The Bertz CT molecular complexity index is 1110. The maximum atomic E-state index is 13.1. The van der Waals surface area contributed by atoms with E-state index in [0.29, 0.717) is 29.1 Å². The van der Waals surface area contributed by atoms with Gasteiger partial charge in [0.15, 0.2) is 0 Å². The molecule has 2 N–H and O–H groups in total. The van der Waals surface area contributed by atoms with Gasteiger partial charge in [-0.05, 0) is 55.7 Å². The summed E-state index contributed by atoms with van der Waals surface area (Å²) in [6, 6.07) is 10.6. The van der Waals surface area contributed by atoms with E-state index in [4.69, 9.17) is 0 Å². The highest BCUT2D eigenvalue weighted by molar-refractivity contribution is 5.94. The number of amides is 1. The van der Waals surface area contributed by atoms with Gasteiger partial charge in [0.25, 0.3) is 5.91 Å². The van der Waals surface area contributed by atoms with Crippen molar-refractivity contribution in [3.63, 3.8) is 0 Å². The fourth-order valence-electron chi connectivity index (χ4n) is 4.49. The molecule has 2 atom stereocenters. The second-order valence-corrected chi connectivity index (χ2v) is 8.26. The molecule has 2 aliphatic rings. The maximum absolute atomic E-state index is 13.1. The summed E-state index contributed by atoms with van der Waals surface area (Å²) in [4.78, 5) is 24.0. The molecule has 31 heavy (non-hydrogen) atoms. The van der Waals surface area contributed by atoms with Gasteiger partial charge in [0.05, 0.1) is 5.69 Å². The zero-order valence-electron chi connectivity index (χ0n) is 17.8. The van der Waals surface area contributed by atoms with Crippen LogP contribution in [0.5, 0.6) is 0 Å². The molecule has 162 valence electrons. The fraction of sp³-hybridized carbons (Fsp3) is 0.364. The number of hydrogen-bond acceptors (Lipinski definition) is 6. The summed E-state index contributed by atoms with van der Waals surface area (Å²) in [6.45, 7) is 5.76. The fourth-order valence-corrected chi connectivity index (χ4v) is 4.49. The first-order chi connectivity index (χ1) is 14.5. The Morgan fingerprint density at radius 1 is 1.16 bits per heavy atom. The Hall–Kier alpha value is -2.97. The number of halogens is 1. The van der Waals surface area contributed by atoms with Crippen LogP contribution in [0.15, 0.2) is 36.5 Å². The topological polar surface area (TPSA) is 88.0 Å². The summed E-state index contributed by atoms with van der Waals surface area (Å²) in [5.74, 6) is 0.534. The van der Waals surface area contributed by atoms with E-state index in [2.05, 4.69) is 57.7 Å². The summed E-state index contributed by atoms with van der Waals surface area (Å²) >= 11 is 0. The molecule has 1 aromatic carbocycles. The van der Waals surface area contributed by atoms with Gasteiger partial charge in [-0.1, -0.05) is 6.07 Å². The smallest absolute Gasteiger partial charge is 0.272 e. The van der Waals surface area contributed by atoms with Crippen LogP contribution in [0.25, 0.3) is 11.4 Å². The van der Waals surface area contributed by atoms with E-state index in [9.17, 15) is 4.79 Å². The van der Waals surface area contributed by atoms with Crippen LogP contribution in [0.4, 0.5) is 11.6 Å². The SMILES string of the molecule is Cc1cc(C)cc(Nc2nccc(-c3cc(C(=O)N4C[C@@H]5C[C@@H]4CN5)n(C)n3)n2)c1.Cl. The number of nitrogens with one attached hydrogen (secondary N) is 2. The summed E-state index contributed by atoms with van der Waals surface area (Å²) < 4.78 is 1.65. The van der Waals surface area contributed by atoms with Gasteiger partial charge in [-0.15, -0.1) is 12.4 Å². The van der Waals surface area contributed by atoms with Crippen molar-refractivity contribution < 1.29 is 4.79 Å². The van der Waals surface area contributed by atoms with Gasteiger partial charge in [-0.2, -0.15) is 5.10 Å². The molecule has 2 aliphatic heterocycles. The van der Waals surface area contributed by atoms with Crippen molar-refractivity contribution in [1.29, 1.82) is 0 Å². The van der Waals surface area contributed by atoms with Gasteiger partial charge in [-0.3, -0.25) is 9.48 Å². The van der Waals surface area contributed by atoms with E-state index in [1.54, 1.807) is 17.9 Å². The second kappa shape index (κ2) is 8.28. The third-order valence-corrected chi connectivity index (χ3v) is 5.81. The molecule has 2 saturated heterocycles. The highest BCUT2D eigenvalue weighted by Crippen LogP contribution is 2.26. The number of piperazine rings is 1. The number of aryl methyl sites for hydroxylation is 3. The van der Waals surface area contributed by atoms with Crippen molar-refractivity contribution >= 4 is 29.9 Å². The summed E-state index contributed by atoms with van der Waals surface area (Å²) in [7, 11) is 1.80. The highest BCUT2D eigenvalue weighted by Gasteiger charge is 2.41. The number of hydrogen-bond donors (Lipinski definition) is 2. The van der Waals surface area contributed by atoms with Crippen LogP contribution in [0.1, 0.15) is 28.0 Å². The molecule has 4 heterocycles. The van der Waals surface area contributed by atoms with Crippen molar-refractivity contribution in [1.82, 2.24) is 30.0 Å². The van der Waals surface area contributed by atoms with Crippen LogP contribution < -0.4 is 10.6 Å². The lowest BCUT2D eigenvalue weighted by molar-refractivity contribution is 0.0705. The normalized spacial score (nSPS) is 19.4. The number of rotatable bonds is 4. The maximum Gasteiger partial charge on any atom is 0.272 e. The van der Waals surface area contributed by atoms with Gasteiger partial charge in [0, 0.05) is 44.1 Å². The third-order valence-electron chi connectivity index (χ3n) is 5.81. The quantitative estimate of drug-likeness (QED) is 0.650. The number of likely N-dealkylation sites (tertiary alicyclic amines) is 1. The van der Waals surface area contributed by atoms with Gasteiger partial charge < -0.3 is 15.5 Å². The molecule has 2 aromatic heterocycles. The summed E-state index contributed by atoms with van der Waals surface area (Å²) in [5.41, 5.74) is 5.21. The molecule has 0 radical (unpaired) electrons. The second-order valence-electron chi connectivity index (χ2n) is 8.26. The molecular formula is C22H26ClN7O. The lowest BCUT2D eigenvalue weighted by atomic mass is 10.1. The lowest BCUT2D eigenvalue weighted by Gasteiger charge is -2.27. The highest BCUT2D eigenvalue weighted by atomic mass is 35.5. The molecule has 8 nitrogen and oxygen atoms in total. The Morgan fingerprint density at radius 2 is 1.94 bits per heavy atom. The molecule has 2 fully saturated rings. The van der Waals surface area contributed by atoms with E-state index >= 15 is 0 Å². The molecule has 2 bridgehead atoms. The Morgan fingerprint density at radius 3 is 2.61 bits per heavy atom. The molecule has 0 aliphatic carbocycles. The van der Waals surface area contributed by atoms with E-state index in [1.165, 1.54) is 11.1 Å². The third kappa shape index (κ3) is 4.13. The zero-order chi connectivity index (χ0) is 20.8. The lowest BCUT2D eigenvalue weighted by Crippen LogP contribution is -2.47. The van der Waals surface area contributed by atoms with E-state index in [0.717, 1.165) is 25.2 Å². The molecular weight excluding hydrogens is 414 g/mol. The minimum absolute atomic E-state index is 0. The van der Waals surface area contributed by atoms with Gasteiger partial charge in [0.1, 0.15) is 11.4 Å². The summed E-state index contributed by atoms with van der Waals surface area (Å²) in [6.07, 6.45) is 2.74. The number of aromatic nitrogens is 4. The molecule has 0 spiro atoms. The predicted octanol–water partition coefficient (Wildman–Crippen LogP) is 2.85. The van der Waals surface area contributed by atoms with Crippen molar-refractivity contribution in [2.24, 2.45) is 7.05 Å². The average Bonchev–Trinajstić information content (AvgIpc) is 3.42. The Labute approximate surface area is 187 Å². The standard InChI is InChI=1S/C22H25N7O.ClH/c1-13-6-14(2)8-15(7-13)25-22-23-5-4-18(26-22)19-10-20(28(3)27-19)21(30)29-12-16-9-17(29)11-24-16;/h4-8,10,16-17,24H,9,11-12H2,1-3H3,(H,23,25,26);1H/t16-,17+;/m0./s1. The number of carbonyl (C=O) groups is 1. The van der Waals surface area contributed by atoms with Crippen LogP contribution in [0.2, 0.25) is 0 Å². The van der Waals surface area contributed by atoms with Crippen molar-refractivity contribution in [3.8, 4) is 11.4 Å². The van der Waals surface area contributed by atoms with Crippen LogP contribution in [0, 0.1) is 13.8 Å².